The fraction of sp³-hybridized carbons (Fsp3) is 1.00. The predicted molar refractivity (Wildman–Crippen MR) is 53.0 cm³/mol. The summed E-state index contributed by atoms with van der Waals surface area (Å²) in [6.45, 7) is 4.88. The quantitative estimate of drug-likeness (QED) is 0.555. The van der Waals surface area contributed by atoms with Crippen LogP contribution in [-0.4, -0.2) is 0 Å². The van der Waals surface area contributed by atoms with E-state index in [9.17, 15) is 0 Å². The molecule has 0 aromatic rings. The molecule has 2 rings (SSSR count). The molecule has 0 aliphatic heterocycles. The molecule has 4 unspecified atom stereocenters. The van der Waals surface area contributed by atoms with Gasteiger partial charge in [0.05, 0.1) is 0 Å². The summed E-state index contributed by atoms with van der Waals surface area (Å²) in [5, 5.41) is 0. The van der Waals surface area contributed by atoms with Gasteiger partial charge in [-0.2, -0.15) is 0 Å². The van der Waals surface area contributed by atoms with Gasteiger partial charge in [0.15, 0.2) is 0 Å². The summed E-state index contributed by atoms with van der Waals surface area (Å²) in [7, 11) is 0. The van der Waals surface area contributed by atoms with Gasteiger partial charge in [-0.05, 0) is 42.9 Å². The molecule has 0 N–H and O–H groups in total. The van der Waals surface area contributed by atoms with Crippen molar-refractivity contribution < 1.29 is 0 Å². The molecule has 0 spiro atoms. The summed E-state index contributed by atoms with van der Waals surface area (Å²) in [5.41, 5.74) is 0. The van der Waals surface area contributed by atoms with Crippen molar-refractivity contribution in [3.05, 3.63) is 0 Å². The van der Waals surface area contributed by atoms with Crippen LogP contribution in [0.4, 0.5) is 0 Å². The highest BCUT2D eigenvalue weighted by Crippen LogP contribution is 2.48. The molecule has 12 heavy (non-hydrogen) atoms. The average molecular weight is 166 g/mol. The van der Waals surface area contributed by atoms with Crippen molar-refractivity contribution in [2.24, 2.45) is 23.7 Å². The molecule has 0 bridgehead atoms. The molecule has 2 saturated carbocycles. The summed E-state index contributed by atoms with van der Waals surface area (Å²) in [5.74, 6) is 4.34. The normalized spacial score (nSPS) is 47.5. The van der Waals surface area contributed by atoms with E-state index in [4.69, 9.17) is 0 Å². The first kappa shape index (κ1) is 8.59. The van der Waals surface area contributed by atoms with E-state index in [0.29, 0.717) is 0 Å². The summed E-state index contributed by atoms with van der Waals surface area (Å²) in [6.07, 6.45) is 9.11. The van der Waals surface area contributed by atoms with E-state index in [2.05, 4.69) is 13.8 Å². The highest BCUT2D eigenvalue weighted by molar-refractivity contribution is 4.88. The van der Waals surface area contributed by atoms with E-state index in [0.717, 1.165) is 23.7 Å². The van der Waals surface area contributed by atoms with Crippen LogP contribution in [0.5, 0.6) is 0 Å². The Morgan fingerprint density at radius 3 is 2.67 bits per heavy atom. The summed E-state index contributed by atoms with van der Waals surface area (Å²) < 4.78 is 0. The zero-order valence-corrected chi connectivity index (χ0v) is 8.55. The Morgan fingerprint density at radius 2 is 1.92 bits per heavy atom. The van der Waals surface area contributed by atoms with Gasteiger partial charge in [0.25, 0.3) is 0 Å². The molecule has 0 heteroatoms. The van der Waals surface area contributed by atoms with E-state index < -0.39 is 0 Å². The van der Waals surface area contributed by atoms with Crippen LogP contribution in [0.2, 0.25) is 0 Å². The predicted octanol–water partition coefficient (Wildman–Crippen LogP) is 3.86. The van der Waals surface area contributed by atoms with Gasteiger partial charge in [0, 0.05) is 0 Å². The van der Waals surface area contributed by atoms with Crippen LogP contribution in [0.1, 0.15) is 52.4 Å². The molecule has 0 aromatic heterocycles. The Labute approximate surface area is 76.7 Å². The number of fused-ring (bicyclic) bond motifs is 1. The first-order valence-electron chi connectivity index (χ1n) is 5.83. The van der Waals surface area contributed by atoms with Gasteiger partial charge in [-0.25, -0.2) is 0 Å². The highest BCUT2D eigenvalue weighted by Gasteiger charge is 2.38. The van der Waals surface area contributed by atoms with Crippen LogP contribution in [0.15, 0.2) is 0 Å². The molecule has 0 heterocycles. The van der Waals surface area contributed by atoms with Gasteiger partial charge in [-0.3, -0.25) is 0 Å². The zero-order chi connectivity index (χ0) is 8.55. The van der Waals surface area contributed by atoms with E-state index in [1.807, 2.05) is 0 Å². The van der Waals surface area contributed by atoms with Crippen LogP contribution in [0, 0.1) is 23.7 Å². The van der Waals surface area contributed by atoms with Crippen molar-refractivity contribution in [1.29, 1.82) is 0 Å². The summed E-state index contributed by atoms with van der Waals surface area (Å²) >= 11 is 0. The van der Waals surface area contributed by atoms with Gasteiger partial charge in [0.1, 0.15) is 0 Å². The fourth-order valence-corrected chi connectivity index (χ4v) is 3.73. The van der Waals surface area contributed by atoms with Gasteiger partial charge in [-0.15, -0.1) is 0 Å². The first-order chi connectivity index (χ1) is 5.83. The summed E-state index contributed by atoms with van der Waals surface area (Å²) in [4.78, 5) is 0. The van der Waals surface area contributed by atoms with Crippen LogP contribution in [0.25, 0.3) is 0 Å². The van der Waals surface area contributed by atoms with Crippen molar-refractivity contribution in [2.45, 2.75) is 52.4 Å². The molecule has 70 valence electrons. The molecule has 0 amide bonds. The number of hydrogen-bond acceptors (Lipinski definition) is 0. The molecule has 0 aromatic carbocycles. The molecular formula is C12H22. The maximum Gasteiger partial charge on any atom is -0.0357 e. The van der Waals surface area contributed by atoms with Crippen molar-refractivity contribution >= 4 is 0 Å². The van der Waals surface area contributed by atoms with Gasteiger partial charge >= 0.3 is 0 Å². The minimum absolute atomic E-state index is 1.04. The van der Waals surface area contributed by atoms with Crippen molar-refractivity contribution in [3.8, 4) is 0 Å². The van der Waals surface area contributed by atoms with E-state index in [1.54, 1.807) is 19.3 Å². The largest absolute Gasteiger partial charge is 0.0651 e. The lowest BCUT2D eigenvalue weighted by Gasteiger charge is -2.37. The Balaban J connectivity index is 2.02. The lowest BCUT2D eigenvalue weighted by Crippen LogP contribution is -2.29. The van der Waals surface area contributed by atoms with Crippen molar-refractivity contribution in [3.63, 3.8) is 0 Å². The molecule has 0 radical (unpaired) electrons. The Morgan fingerprint density at radius 1 is 1.08 bits per heavy atom. The molecule has 4 atom stereocenters. The van der Waals surface area contributed by atoms with Crippen LogP contribution in [0.3, 0.4) is 0 Å². The zero-order valence-electron chi connectivity index (χ0n) is 8.55. The van der Waals surface area contributed by atoms with E-state index >= 15 is 0 Å². The molecule has 0 saturated heterocycles. The molecule has 0 nitrogen and oxygen atoms in total. The molecule has 2 fully saturated rings. The van der Waals surface area contributed by atoms with Gasteiger partial charge in [-0.1, -0.05) is 33.1 Å². The van der Waals surface area contributed by atoms with Gasteiger partial charge < -0.3 is 0 Å². The standard InChI is InChI=1S/C12H22/c1-3-10-7-8-11-5-4-6-12(11)9(10)2/h9-12H,3-8H2,1-2H3. The van der Waals surface area contributed by atoms with Gasteiger partial charge in [0.2, 0.25) is 0 Å². The van der Waals surface area contributed by atoms with Crippen LogP contribution in [-0.2, 0) is 0 Å². The number of hydrogen-bond donors (Lipinski definition) is 0. The van der Waals surface area contributed by atoms with E-state index in [-0.39, 0.29) is 0 Å². The monoisotopic (exact) mass is 166 g/mol. The lowest BCUT2D eigenvalue weighted by atomic mass is 9.68. The molecular weight excluding hydrogens is 144 g/mol. The van der Waals surface area contributed by atoms with Crippen LogP contribution >= 0.6 is 0 Å². The molecule has 2 aliphatic rings. The third-order valence-corrected chi connectivity index (χ3v) is 4.57. The third kappa shape index (κ3) is 1.30. The Bertz CT molecular complexity index is 150. The minimum atomic E-state index is 1.04. The highest BCUT2D eigenvalue weighted by atomic mass is 14.4. The first-order valence-corrected chi connectivity index (χ1v) is 5.83. The second-order valence-electron chi connectivity index (χ2n) is 4.96. The van der Waals surface area contributed by atoms with Crippen molar-refractivity contribution in [2.75, 3.05) is 0 Å². The van der Waals surface area contributed by atoms with E-state index in [1.165, 1.54) is 19.3 Å². The molecule has 2 aliphatic carbocycles. The maximum absolute atomic E-state index is 2.51. The Hall–Kier alpha value is 0. The minimum Gasteiger partial charge on any atom is -0.0651 e. The smallest absolute Gasteiger partial charge is 0.0357 e. The maximum atomic E-state index is 2.51. The number of rotatable bonds is 1. The Kier molecular flexibility index (Phi) is 2.43. The third-order valence-electron chi connectivity index (χ3n) is 4.57. The topological polar surface area (TPSA) is 0 Å². The lowest BCUT2D eigenvalue weighted by molar-refractivity contribution is 0.122. The second-order valence-corrected chi connectivity index (χ2v) is 4.96. The average Bonchev–Trinajstić information content (AvgIpc) is 2.53. The van der Waals surface area contributed by atoms with Crippen molar-refractivity contribution in [1.82, 2.24) is 0 Å². The SMILES string of the molecule is CCC1CCC2CCCC2C1C. The second kappa shape index (κ2) is 3.40. The van der Waals surface area contributed by atoms with Crippen LogP contribution < -0.4 is 0 Å². The summed E-state index contributed by atoms with van der Waals surface area (Å²) in [6, 6.07) is 0. The fourth-order valence-electron chi connectivity index (χ4n) is 3.73.